The highest BCUT2D eigenvalue weighted by Gasteiger charge is 2.14. The minimum absolute atomic E-state index is 0.0534. The second kappa shape index (κ2) is 9.48. The number of hydrogen-bond donors (Lipinski definition) is 4. The van der Waals surface area contributed by atoms with Crippen LogP contribution in [0.1, 0.15) is 30.1 Å². The van der Waals surface area contributed by atoms with Crippen molar-refractivity contribution < 1.29 is 24.2 Å². The van der Waals surface area contributed by atoms with Gasteiger partial charge in [-0.05, 0) is 42.0 Å². The molecule has 9 heteroatoms. The first-order valence-corrected chi connectivity index (χ1v) is 8.59. The summed E-state index contributed by atoms with van der Waals surface area (Å²) in [6.45, 7) is 1.92. The molecule has 2 amide bonds. The van der Waals surface area contributed by atoms with E-state index in [0.717, 1.165) is 10.8 Å². The maximum absolute atomic E-state index is 12.2. The summed E-state index contributed by atoms with van der Waals surface area (Å²) in [7, 11) is 0. The topological polar surface area (TPSA) is 117 Å². The monoisotopic (exact) mass is 389 g/mol. The summed E-state index contributed by atoms with van der Waals surface area (Å²) in [5.74, 6) is -1.78. The van der Waals surface area contributed by atoms with Gasteiger partial charge in [0.15, 0.2) is 5.11 Å². The second-order valence-electron chi connectivity index (χ2n) is 5.48. The number of benzene rings is 2. The number of hydrogen-bond acceptors (Lipinski definition) is 6. The van der Waals surface area contributed by atoms with Crippen LogP contribution in [0.4, 0.5) is 0 Å². The van der Waals surface area contributed by atoms with Gasteiger partial charge in [-0.2, -0.15) is 0 Å². The summed E-state index contributed by atoms with van der Waals surface area (Å²) < 4.78 is 4.72. The summed E-state index contributed by atoms with van der Waals surface area (Å²) in [5, 5.41) is 13.8. The van der Waals surface area contributed by atoms with Gasteiger partial charge >= 0.3 is 5.97 Å². The molecule has 2 rings (SSSR count). The van der Waals surface area contributed by atoms with Crippen LogP contribution < -0.4 is 16.2 Å². The van der Waals surface area contributed by atoms with E-state index in [-0.39, 0.29) is 35.9 Å². The number of phenols is 1. The van der Waals surface area contributed by atoms with Gasteiger partial charge < -0.3 is 15.2 Å². The SMILES string of the molecule is CCOC(=O)CCC(=O)NC(=S)NNC(=O)c1cc2ccccc2cc1O. The zero-order chi connectivity index (χ0) is 19.8. The van der Waals surface area contributed by atoms with Gasteiger partial charge in [0, 0.05) is 6.42 Å². The van der Waals surface area contributed by atoms with E-state index in [1.54, 1.807) is 13.0 Å². The average Bonchev–Trinajstić information content (AvgIpc) is 2.64. The Labute approximate surface area is 160 Å². The van der Waals surface area contributed by atoms with E-state index in [0.29, 0.717) is 0 Å². The van der Waals surface area contributed by atoms with E-state index < -0.39 is 17.8 Å². The normalized spacial score (nSPS) is 10.1. The first kappa shape index (κ1) is 20.1. The van der Waals surface area contributed by atoms with E-state index in [2.05, 4.69) is 16.2 Å². The van der Waals surface area contributed by atoms with Crippen LogP contribution in [0.2, 0.25) is 0 Å². The first-order chi connectivity index (χ1) is 12.9. The van der Waals surface area contributed by atoms with Crippen LogP contribution in [-0.2, 0) is 14.3 Å². The fourth-order valence-electron chi connectivity index (χ4n) is 2.26. The Hall–Kier alpha value is -3.20. The van der Waals surface area contributed by atoms with Crippen molar-refractivity contribution in [2.45, 2.75) is 19.8 Å². The average molecular weight is 389 g/mol. The predicted molar refractivity (Wildman–Crippen MR) is 103 cm³/mol. The molecule has 0 atom stereocenters. The van der Waals surface area contributed by atoms with Crippen molar-refractivity contribution in [1.29, 1.82) is 0 Å². The number of rotatable bonds is 5. The number of carbonyl (C=O) groups excluding carboxylic acids is 3. The summed E-state index contributed by atoms with van der Waals surface area (Å²) in [6.07, 6.45) is -0.167. The van der Waals surface area contributed by atoms with E-state index in [1.807, 2.05) is 24.3 Å². The van der Waals surface area contributed by atoms with Gasteiger partial charge in [0.1, 0.15) is 5.75 Å². The van der Waals surface area contributed by atoms with Crippen LogP contribution in [0.25, 0.3) is 10.8 Å². The lowest BCUT2D eigenvalue weighted by atomic mass is 10.1. The summed E-state index contributed by atoms with van der Waals surface area (Å²) in [5.41, 5.74) is 4.72. The molecule has 0 saturated carbocycles. The molecule has 4 N–H and O–H groups in total. The van der Waals surface area contributed by atoms with E-state index >= 15 is 0 Å². The molecule has 8 nitrogen and oxygen atoms in total. The van der Waals surface area contributed by atoms with Crippen molar-refractivity contribution in [2.75, 3.05) is 6.61 Å². The molecule has 0 unspecified atom stereocenters. The minimum atomic E-state index is -0.624. The van der Waals surface area contributed by atoms with Crippen molar-refractivity contribution in [3.05, 3.63) is 42.0 Å². The lowest BCUT2D eigenvalue weighted by molar-refractivity contribution is -0.144. The zero-order valence-electron chi connectivity index (χ0n) is 14.6. The highest BCUT2D eigenvalue weighted by molar-refractivity contribution is 7.80. The zero-order valence-corrected chi connectivity index (χ0v) is 15.4. The van der Waals surface area contributed by atoms with Crippen LogP contribution in [-0.4, -0.2) is 34.6 Å². The van der Waals surface area contributed by atoms with Crippen LogP contribution in [0, 0.1) is 0 Å². The Morgan fingerprint density at radius 2 is 1.74 bits per heavy atom. The van der Waals surface area contributed by atoms with Crippen LogP contribution >= 0.6 is 12.2 Å². The van der Waals surface area contributed by atoms with Crippen LogP contribution in [0.15, 0.2) is 36.4 Å². The summed E-state index contributed by atoms with van der Waals surface area (Å²) >= 11 is 4.90. The molecule has 2 aromatic carbocycles. The van der Waals surface area contributed by atoms with Crippen LogP contribution in [0.5, 0.6) is 5.75 Å². The van der Waals surface area contributed by atoms with Gasteiger partial charge in [-0.3, -0.25) is 25.2 Å². The highest BCUT2D eigenvalue weighted by atomic mass is 32.1. The molecule has 27 heavy (non-hydrogen) atoms. The van der Waals surface area contributed by atoms with Crippen LogP contribution in [0.3, 0.4) is 0 Å². The van der Waals surface area contributed by atoms with Gasteiger partial charge in [-0.1, -0.05) is 24.3 Å². The quantitative estimate of drug-likeness (QED) is 0.348. The van der Waals surface area contributed by atoms with Gasteiger partial charge in [-0.25, -0.2) is 0 Å². The minimum Gasteiger partial charge on any atom is -0.507 e. The predicted octanol–water partition coefficient (Wildman–Crippen LogP) is 1.52. The molecule has 0 spiro atoms. The third-order valence-electron chi connectivity index (χ3n) is 3.51. The molecular formula is C18H19N3O5S. The molecule has 0 aliphatic heterocycles. The number of hydrazine groups is 1. The van der Waals surface area contributed by atoms with Crippen molar-refractivity contribution in [3.8, 4) is 5.75 Å². The molecule has 0 aromatic heterocycles. The number of fused-ring (bicyclic) bond motifs is 1. The Balaban J connectivity index is 1.86. The second-order valence-corrected chi connectivity index (χ2v) is 5.89. The Morgan fingerprint density at radius 3 is 2.41 bits per heavy atom. The molecule has 2 aromatic rings. The van der Waals surface area contributed by atoms with Crippen molar-refractivity contribution >= 4 is 45.9 Å². The number of thiocarbonyl (C=S) groups is 1. The summed E-state index contributed by atoms with van der Waals surface area (Å²) in [6, 6.07) is 10.3. The first-order valence-electron chi connectivity index (χ1n) is 8.18. The van der Waals surface area contributed by atoms with Gasteiger partial charge in [0.05, 0.1) is 18.6 Å². The molecule has 0 aliphatic rings. The molecule has 142 valence electrons. The van der Waals surface area contributed by atoms with Gasteiger partial charge in [0.25, 0.3) is 5.91 Å². The van der Waals surface area contributed by atoms with Gasteiger partial charge in [0.2, 0.25) is 5.91 Å². The molecule has 0 aliphatic carbocycles. The highest BCUT2D eigenvalue weighted by Crippen LogP contribution is 2.24. The molecule has 0 fully saturated rings. The van der Waals surface area contributed by atoms with Crippen molar-refractivity contribution in [2.24, 2.45) is 0 Å². The number of nitrogens with one attached hydrogen (secondary N) is 3. The molecule has 0 heterocycles. The maximum atomic E-state index is 12.2. The van der Waals surface area contributed by atoms with E-state index in [9.17, 15) is 19.5 Å². The number of aromatic hydroxyl groups is 1. The molecule has 0 bridgehead atoms. The van der Waals surface area contributed by atoms with Crippen molar-refractivity contribution in [1.82, 2.24) is 16.2 Å². The van der Waals surface area contributed by atoms with E-state index in [1.165, 1.54) is 6.07 Å². The third-order valence-corrected chi connectivity index (χ3v) is 3.72. The molecule has 0 radical (unpaired) electrons. The number of amides is 2. The fourth-order valence-corrected chi connectivity index (χ4v) is 2.43. The number of ether oxygens (including phenoxy) is 1. The number of phenolic OH excluding ortho intramolecular Hbond substituents is 1. The lowest BCUT2D eigenvalue weighted by Crippen LogP contribution is -2.48. The Kier molecular flexibility index (Phi) is 7.07. The van der Waals surface area contributed by atoms with Gasteiger partial charge in [-0.15, -0.1) is 0 Å². The molecular weight excluding hydrogens is 370 g/mol. The molecule has 0 saturated heterocycles. The smallest absolute Gasteiger partial charge is 0.306 e. The summed E-state index contributed by atoms with van der Waals surface area (Å²) in [4.78, 5) is 35.1. The third kappa shape index (κ3) is 5.93. The standard InChI is InChI=1S/C18H19N3O5S/c1-2-26-16(24)8-7-15(23)19-18(27)21-20-17(25)13-9-11-5-3-4-6-12(11)10-14(13)22/h3-6,9-10,22H,2,7-8H2,1H3,(H,20,25)(H2,19,21,23,27). The number of esters is 1. The fraction of sp³-hybridized carbons (Fsp3) is 0.222. The number of carbonyl (C=O) groups is 3. The largest absolute Gasteiger partial charge is 0.507 e. The maximum Gasteiger partial charge on any atom is 0.306 e. The van der Waals surface area contributed by atoms with Crippen molar-refractivity contribution in [3.63, 3.8) is 0 Å². The Bertz CT molecular complexity index is 884. The lowest BCUT2D eigenvalue weighted by Gasteiger charge is -2.12. The van der Waals surface area contributed by atoms with E-state index in [4.69, 9.17) is 17.0 Å². The Morgan fingerprint density at radius 1 is 1.07 bits per heavy atom.